The number of rotatable bonds is 40. The largest absolute Gasteiger partial charge is 0.756 e. The topological polar surface area (TPSA) is 108 Å². The van der Waals surface area contributed by atoms with E-state index in [9.17, 15) is 19.4 Å². The molecule has 310 valence electrons. The lowest BCUT2D eigenvalue weighted by molar-refractivity contribution is -0.870. The van der Waals surface area contributed by atoms with Crippen LogP contribution in [0.5, 0.6) is 0 Å². The van der Waals surface area contributed by atoms with E-state index >= 15 is 0 Å². The molecule has 9 heteroatoms. The number of aliphatic hydroxyl groups excluding tert-OH is 1. The van der Waals surface area contributed by atoms with E-state index in [-0.39, 0.29) is 19.1 Å². The average molecular weight is 759 g/mol. The van der Waals surface area contributed by atoms with Crippen LogP contribution in [0.1, 0.15) is 206 Å². The minimum absolute atomic E-state index is 0.00206. The highest BCUT2D eigenvalue weighted by molar-refractivity contribution is 7.45. The van der Waals surface area contributed by atoms with Gasteiger partial charge in [-0.3, -0.25) is 9.36 Å². The van der Waals surface area contributed by atoms with Crippen molar-refractivity contribution in [2.24, 2.45) is 0 Å². The first-order valence-electron chi connectivity index (χ1n) is 22.1. The fraction of sp³-hybridized carbons (Fsp3) is 0.930. The summed E-state index contributed by atoms with van der Waals surface area (Å²) in [5, 5.41) is 13.8. The van der Waals surface area contributed by atoms with Gasteiger partial charge in [-0.25, -0.2) is 0 Å². The van der Waals surface area contributed by atoms with Gasteiger partial charge in [-0.1, -0.05) is 193 Å². The fourth-order valence-electron chi connectivity index (χ4n) is 6.45. The number of carbonyl (C=O) groups is 1. The standard InChI is InChI=1S/C43H87N2O6P/c1-6-8-10-12-14-16-18-20-22-23-24-26-28-30-32-34-36-42(46)41(40-51-52(48,49)50-39-38-45(3,4)5)44-43(47)37-35-33-31-29-27-25-21-19-17-15-13-11-9-7-2/h34,36,41-42,46H,6-33,35,37-40H2,1-5H3,(H-,44,47,48,49)/b36-34+/t41-,42+/m0/s1. The van der Waals surface area contributed by atoms with Gasteiger partial charge in [0, 0.05) is 6.42 Å². The molecule has 0 spiro atoms. The fourth-order valence-corrected chi connectivity index (χ4v) is 7.17. The molecule has 52 heavy (non-hydrogen) atoms. The van der Waals surface area contributed by atoms with Gasteiger partial charge in [0.2, 0.25) is 5.91 Å². The molecule has 0 aromatic rings. The van der Waals surface area contributed by atoms with Crippen LogP contribution in [-0.4, -0.2) is 68.5 Å². The molecule has 0 saturated heterocycles. The minimum atomic E-state index is -4.58. The van der Waals surface area contributed by atoms with E-state index in [1.54, 1.807) is 6.08 Å². The maximum Gasteiger partial charge on any atom is 0.268 e. The van der Waals surface area contributed by atoms with Crippen molar-refractivity contribution in [1.29, 1.82) is 0 Å². The second-order valence-corrected chi connectivity index (χ2v) is 17.8. The molecule has 0 aliphatic heterocycles. The van der Waals surface area contributed by atoms with E-state index in [2.05, 4.69) is 19.2 Å². The van der Waals surface area contributed by atoms with Gasteiger partial charge in [-0.05, 0) is 19.3 Å². The summed E-state index contributed by atoms with van der Waals surface area (Å²) in [5.41, 5.74) is 0. The van der Waals surface area contributed by atoms with Gasteiger partial charge >= 0.3 is 0 Å². The predicted molar refractivity (Wildman–Crippen MR) is 219 cm³/mol. The van der Waals surface area contributed by atoms with Crippen molar-refractivity contribution in [3.05, 3.63) is 12.2 Å². The van der Waals surface area contributed by atoms with E-state index in [4.69, 9.17) is 9.05 Å². The maximum atomic E-state index is 12.8. The Bertz CT molecular complexity index is 865. The quantitative estimate of drug-likeness (QED) is 0.0279. The molecule has 1 unspecified atom stereocenters. The third-order valence-electron chi connectivity index (χ3n) is 10.00. The van der Waals surface area contributed by atoms with Crippen molar-refractivity contribution in [3.63, 3.8) is 0 Å². The van der Waals surface area contributed by atoms with Crippen molar-refractivity contribution in [3.8, 4) is 0 Å². The zero-order valence-corrected chi connectivity index (χ0v) is 35.9. The highest BCUT2D eigenvalue weighted by atomic mass is 31.2. The van der Waals surface area contributed by atoms with Gasteiger partial charge in [-0.2, -0.15) is 0 Å². The third-order valence-corrected chi connectivity index (χ3v) is 11.0. The van der Waals surface area contributed by atoms with Crippen molar-refractivity contribution < 1.29 is 32.9 Å². The number of quaternary nitrogens is 1. The van der Waals surface area contributed by atoms with Crippen LogP contribution in [-0.2, 0) is 18.4 Å². The van der Waals surface area contributed by atoms with Crippen LogP contribution in [0.2, 0.25) is 0 Å². The highest BCUT2D eigenvalue weighted by Crippen LogP contribution is 2.38. The van der Waals surface area contributed by atoms with E-state index in [0.717, 1.165) is 38.5 Å². The summed E-state index contributed by atoms with van der Waals surface area (Å²) in [6.45, 7) is 4.65. The van der Waals surface area contributed by atoms with Crippen LogP contribution in [0.3, 0.4) is 0 Å². The summed E-state index contributed by atoms with van der Waals surface area (Å²) < 4.78 is 23.2. The molecule has 2 N–H and O–H groups in total. The van der Waals surface area contributed by atoms with Crippen molar-refractivity contribution in [1.82, 2.24) is 5.32 Å². The van der Waals surface area contributed by atoms with E-state index in [1.807, 2.05) is 27.2 Å². The molecular formula is C43H87N2O6P. The monoisotopic (exact) mass is 759 g/mol. The summed E-state index contributed by atoms with van der Waals surface area (Å²) in [6, 6.07) is -0.879. The number of likely N-dealkylation sites (N-methyl/N-ethyl adjacent to an activating group) is 1. The molecule has 1 amide bonds. The number of aliphatic hydroxyl groups is 1. The van der Waals surface area contributed by atoms with Gasteiger partial charge in [0.1, 0.15) is 13.2 Å². The zero-order valence-electron chi connectivity index (χ0n) is 35.0. The van der Waals surface area contributed by atoms with E-state index < -0.39 is 20.0 Å². The molecule has 0 radical (unpaired) electrons. The molecule has 0 fully saturated rings. The lowest BCUT2D eigenvalue weighted by Crippen LogP contribution is -2.45. The molecule has 0 heterocycles. The first-order valence-corrected chi connectivity index (χ1v) is 23.5. The second-order valence-electron chi connectivity index (χ2n) is 16.4. The normalized spacial score (nSPS) is 14.5. The van der Waals surface area contributed by atoms with E-state index in [1.165, 1.54) is 148 Å². The number of phosphoric ester groups is 1. The summed E-state index contributed by atoms with van der Waals surface area (Å²) in [5.74, 6) is -0.196. The van der Waals surface area contributed by atoms with Gasteiger partial charge in [0.15, 0.2) is 0 Å². The Balaban J connectivity index is 4.42. The lowest BCUT2D eigenvalue weighted by Gasteiger charge is -2.29. The molecule has 3 atom stereocenters. The Morgan fingerprint density at radius 3 is 1.44 bits per heavy atom. The van der Waals surface area contributed by atoms with Crippen molar-refractivity contribution in [2.45, 2.75) is 219 Å². The molecule has 0 aliphatic rings. The third kappa shape index (κ3) is 37.6. The summed E-state index contributed by atoms with van der Waals surface area (Å²) in [4.78, 5) is 25.3. The van der Waals surface area contributed by atoms with Crippen LogP contribution in [0, 0.1) is 0 Å². The number of amides is 1. The Labute approximate surface area is 322 Å². The molecule has 0 rings (SSSR count). The van der Waals surface area contributed by atoms with Crippen LogP contribution < -0.4 is 10.2 Å². The number of carbonyl (C=O) groups excluding carboxylic acids is 1. The highest BCUT2D eigenvalue weighted by Gasteiger charge is 2.23. The number of phosphoric acid groups is 1. The SMILES string of the molecule is CCCCCCCCCCCCCCCC/C=C/[C@@H](O)[C@H](COP(=O)([O-])OCC[N+](C)(C)C)NC(=O)CCCCCCCCCCCCCCCC. The van der Waals surface area contributed by atoms with Crippen molar-refractivity contribution >= 4 is 13.7 Å². The molecule has 0 aromatic heterocycles. The van der Waals surface area contributed by atoms with Crippen LogP contribution in [0.25, 0.3) is 0 Å². The van der Waals surface area contributed by atoms with Gasteiger partial charge in [-0.15, -0.1) is 0 Å². The van der Waals surface area contributed by atoms with Gasteiger partial charge in [0.25, 0.3) is 7.82 Å². The number of nitrogens with one attached hydrogen (secondary N) is 1. The van der Waals surface area contributed by atoms with Crippen LogP contribution in [0.4, 0.5) is 0 Å². The molecule has 0 saturated carbocycles. The molecule has 0 aliphatic carbocycles. The maximum absolute atomic E-state index is 12.8. The molecular weight excluding hydrogens is 671 g/mol. The summed E-state index contributed by atoms with van der Waals surface area (Å²) in [7, 11) is 1.27. The molecule has 8 nitrogen and oxygen atoms in total. The Morgan fingerprint density at radius 2 is 1.04 bits per heavy atom. The molecule has 0 aromatic carbocycles. The second kappa shape index (κ2) is 35.9. The Kier molecular flexibility index (Phi) is 35.4. The van der Waals surface area contributed by atoms with Crippen LogP contribution in [0.15, 0.2) is 12.2 Å². The number of nitrogens with zero attached hydrogens (tertiary/aromatic N) is 1. The van der Waals surface area contributed by atoms with E-state index in [0.29, 0.717) is 17.4 Å². The van der Waals surface area contributed by atoms with Crippen molar-refractivity contribution in [2.75, 3.05) is 40.9 Å². The minimum Gasteiger partial charge on any atom is -0.756 e. The molecule has 0 bridgehead atoms. The number of allylic oxidation sites excluding steroid dienone is 1. The first kappa shape index (κ1) is 51.2. The number of unbranched alkanes of at least 4 members (excludes halogenated alkanes) is 27. The smallest absolute Gasteiger partial charge is 0.268 e. The van der Waals surface area contributed by atoms with Gasteiger partial charge < -0.3 is 28.8 Å². The first-order chi connectivity index (χ1) is 25.0. The lowest BCUT2D eigenvalue weighted by atomic mass is 10.0. The van der Waals surface area contributed by atoms with Gasteiger partial charge in [0.05, 0.1) is 39.9 Å². The summed E-state index contributed by atoms with van der Waals surface area (Å²) in [6.07, 6.45) is 39.6. The Hall–Kier alpha value is -0.760. The average Bonchev–Trinajstić information content (AvgIpc) is 3.09. The van der Waals surface area contributed by atoms with Crippen LogP contribution >= 0.6 is 7.82 Å². The predicted octanol–water partition coefficient (Wildman–Crippen LogP) is 11.3. The number of hydrogen-bond donors (Lipinski definition) is 2. The number of hydrogen-bond acceptors (Lipinski definition) is 6. The zero-order chi connectivity index (χ0) is 38.6. The summed E-state index contributed by atoms with van der Waals surface area (Å²) >= 11 is 0. The Morgan fingerprint density at radius 1 is 0.654 bits per heavy atom.